The van der Waals surface area contributed by atoms with Gasteiger partial charge in [-0.3, -0.25) is 0 Å². The molecule has 1 aromatic heterocycles. The van der Waals surface area contributed by atoms with Crippen molar-refractivity contribution < 1.29 is 4.74 Å². The fourth-order valence-corrected chi connectivity index (χ4v) is 3.22. The first-order valence-corrected chi connectivity index (χ1v) is 8.07. The summed E-state index contributed by atoms with van der Waals surface area (Å²) < 4.78 is 5.55. The highest BCUT2D eigenvalue weighted by Crippen LogP contribution is 2.37. The number of benzene rings is 1. The number of nitrogens with zero attached hydrogens (tertiary/aromatic N) is 1. The Bertz CT molecular complexity index is 560. The molecular formula is C17H22N2OS. The molecule has 3 nitrogen and oxygen atoms in total. The van der Waals surface area contributed by atoms with E-state index in [-0.39, 0.29) is 6.04 Å². The summed E-state index contributed by atoms with van der Waals surface area (Å²) in [7, 11) is 1.72. The number of ether oxygens (including phenoxy) is 1. The van der Waals surface area contributed by atoms with E-state index in [1.165, 1.54) is 10.5 Å². The fraction of sp³-hybridized carbons (Fsp3) is 0.353. The van der Waals surface area contributed by atoms with Gasteiger partial charge in [0.05, 0.1) is 7.11 Å². The van der Waals surface area contributed by atoms with E-state index in [4.69, 9.17) is 4.74 Å². The number of methoxy groups -OCH3 is 1. The highest BCUT2D eigenvalue weighted by Gasteiger charge is 2.16. The number of hydrogen-bond donors (Lipinski definition) is 1. The van der Waals surface area contributed by atoms with E-state index in [1.807, 2.05) is 36.5 Å². The van der Waals surface area contributed by atoms with E-state index >= 15 is 0 Å². The Morgan fingerprint density at radius 3 is 2.76 bits per heavy atom. The third-order valence-electron chi connectivity index (χ3n) is 3.23. The average molecular weight is 302 g/mol. The summed E-state index contributed by atoms with van der Waals surface area (Å²) in [6.07, 6.45) is 2.93. The van der Waals surface area contributed by atoms with Crippen LogP contribution in [-0.2, 0) is 0 Å². The van der Waals surface area contributed by atoms with Gasteiger partial charge in [0.25, 0.3) is 0 Å². The Balaban J connectivity index is 2.31. The van der Waals surface area contributed by atoms with E-state index in [2.05, 4.69) is 30.2 Å². The topological polar surface area (TPSA) is 34.1 Å². The molecule has 0 aliphatic rings. The van der Waals surface area contributed by atoms with Crippen LogP contribution in [0.15, 0.2) is 52.5 Å². The van der Waals surface area contributed by atoms with Crippen LogP contribution in [0, 0.1) is 0 Å². The van der Waals surface area contributed by atoms with Gasteiger partial charge in [0, 0.05) is 22.7 Å². The lowest BCUT2D eigenvalue weighted by atomic mass is 10.1. The zero-order valence-electron chi connectivity index (χ0n) is 12.8. The lowest BCUT2D eigenvalue weighted by Crippen LogP contribution is -2.20. The van der Waals surface area contributed by atoms with Gasteiger partial charge in [-0.05, 0) is 44.2 Å². The molecule has 0 aliphatic carbocycles. The number of nitrogens with one attached hydrogen (secondary N) is 1. The van der Waals surface area contributed by atoms with Gasteiger partial charge in [-0.2, -0.15) is 0 Å². The Hall–Kier alpha value is -1.52. The molecular weight excluding hydrogens is 280 g/mol. The molecule has 2 rings (SSSR count). The van der Waals surface area contributed by atoms with Crippen molar-refractivity contribution in [1.29, 1.82) is 0 Å². The van der Waals surface area contributed by atoms with E-state index < -0.39 is 0 Å². The second kappa shape index (κ2) is 8.05. The Morgan fingerprint density at radius 1 is 1.24 bits per heavy atom. The summed E-state index contributed by atoms with van der Waals surface area (Å²) >= 11 is 1.67. The lowest BCUT2D eigenvalue weighted by molar-refractivity contribution is 0.399. The van der Waals surface area contributed by atoms with Gasteiger partial charge < -0.3 is 10.1 Å². The molecule has 1 aromatic carbocycles. The van der Waals surface area contributed by atoms with Gasteiger partial charge in [-0.1, -0.05) is 30.8 Å². The number of hydrogen-bond acceptors (Lipinski definition) is 4. The molecule has 1 atom stereocenters. The zero-order chi connectivity index (χ0) is 15.1. The van der Waals surface area contributed by atoms with Crippen molar-refractivity contribution in [2.75, 3.05) is 13.7 Å². The summed E-state index contributed by atoms with van der Waals surface area (Å²) in [6, 6.07) is 12.4. The van der Waals surface area contributed by atoms with Crippen LogP contribution < -0.4 is 10.1 Å². The van der Waals surface area contributed by atoms with E-state index in [0.717, 1.165) is 23.7 Å². The number of rotatable bonds is 7. The van der Waals surface area contributed by atoms with Crippen LogP contribution >= 0.6 is 11.8 Å². The molecule has 112 valence electrons. The average Bonchev–Trinajstić information content (AvgIpc) is 2.53. The number of aromatic nitrogens is 1. The minimum Gasteiger partial charge on any atom is -0.496 e. The maximum atomic E-state index is 5.55. The van der Waals surface area contributed by atoms with E-state index in [1.54, 1.807) is 18.9 Å². The summed E-state index contributed by atoms with van der Waals surface area (Å²) in [5.41, 5.74) is 1.20. The first-order valence-electron chi connectivity index (χ1n) is 7.25. The van der Waals surface area contributed by atoms with Crippen molar-refractivity contribution in [3.63, 3.8) is 0 Å². The number of pyridine rings is 1. The normalized spacial score (nSPS) is 12.1. The highest BCUT2D eigenvalue weighted by molar-refractivity contribution is 7.99. The SMILES string of the molecule is CCCNC(C)c1c(OC)cccc1Sc1ccccn1. The molecule has 1 heterocycles. The zero-order valence-corrected chi connectivity index (χ0v) is 13.6. The summed E-state index contributed by atoms with van der Waals surface area (Å²) in [6.45, 7) is 5.34. The van der Waals surface area contributed by atoms with Gasteiger partial charge in [0.15, 0.2) is 0 Å². The van der Waals surface area contributed by atoms with Crippen LogP contribution in [0.5, 0.6) is 5.75 Å². The molecule has 0 fully saturated rings. The van der Waals surface area contributed by atoms with Gasteiger partial charge >= 0.3 is 0 Å². The highest BCUT2D eigenvalue weighted by atomic mass is 32.2. The van der Waals surface area contributed by atoms with Crippen molar-refractivity contribution in [1.82, 2.24) is 10.3 Å². The Labute approximate surface area is 131 Å². The van der Waals surface area contributed by atoms with Gasteiger partial charge in [0.1, 0.15) is 10.8 Å². The molecule has 0 saturated heterocycles. The largest absolute Gasteiger partial charge is 0.496 e. The predicted molar refractivity (Wildman–Crippen MR) is 88.1 cm³/mol. The minimum absolute atomic E-state index is 0.243. The molecule has 1 N–H and O–H groups in total. The molecule has 4 heteroatoms. The first-order chi connectivity index (χ1) is 10.3. The maximum Gasteiger partial charge on any atom is 0.124 e. The second-order valence-electron chi connectivity index (χ2n) is 4.82. The van der Waals surface area contributed by atoms with Gasteiger partial charge in [-0.25, -0.2) is 4.98 Å². The maximum absolute atomic E-state index is 5.55. The monoisotopic (exact) mass is 302 g/mol. The lowest BCUT2D eigenvalue weighted by Gasteiger charge is -2.20. The van der Waals surface area contributed by atoms with Crippen molar-refractivity contribution >= 4 is 11.8 Å². The molecule has 0 bridgehead atoms. The summed E-state index contributed by atoms with van der Waals surface area (Å²) in [5, 5.41) is 4.53. The fourth-order valence-electron chi connectivity index (χ4n) is 2.20. The molecule has 21 heavy (non-hydrogen) atoms. The van der Waals surface area contributed by atoms with Crippen LogP contribution in [-0.4, -0.2) is 18.6 Å². The van der Waals surface area contributed by atoms with E-state index in [9.17, 15) is 0 Å². The summed E-state index contributed by atoms with van der Waals surface area (Å²) in [4.78, 5) is 5.58. The van der Waals surface area contributed by atoms with Crippen molar-refractivity contribution in [3.05, 3.63) is 48.2 Å². The molecule has 0 saturated carbocycles. The standard InChI is InChI=1S/C17H22N2OS/c1-4-11-18-13(2)17-14(20-3)8-7-9-15(17)21-16-10-5-6-12-19-16/h5-10,12-13,18H,4,11H2,1-3H3. The first kappa shape index (κ1) is 15.9. The third kappa shape index (κ3) is 4.22. The third-order valence-corrected chi connectivity index (χ3v) is 4.26. The molecule has 1 unspecified atom stereocenters. The van der Waals surface area contributed by atoms with E-state index in [0.29, 0.717) is 0 Å². The molecule has 2 aromatic rings. The molecule has 0 spiro atoms. The van der Waals surface area contributed by atoms with Crippen LogP contribution in [0.2, 0.25) is 0 Å². The Kier molecular flexibility index (Phi) is 6.08. The Morgan fingerprint density at radius 2 is 2.10 bits per heavy atom. The van der Waals surface area contributed by atoms with Crippen LogP contribution in [0.3, 0.4) is 0 Å². The van der Waals surface area contributed by atoms with Crippen molar-refractivity contribution in [2.45, 2.75) is 36.2 Å². The quantitative estimate of drug-likeness (QED) is 0.827. The molecule has 0 radical (unpaired) electrons. The van der Waals surface area contributed by atoms with Crippen LogP contribution in [0.1, 0.15) is 31.9 Å². The second-order valence-corrected chi connectivity index (χ2v) is 5.88. The van der Waals surface area contributed by atoms with Crippen LogP contribution in [0.4, 0.5) is 0 Å². The summed E-state index contributed by atoms with van der Waals surface area (Å²) in [5.74, 6) is 0.923. The van der Waals surface area contributed by atoms with Gasteiger partial charge in [0.2, 0.25) is 0 Å². The minimum atomic E-state index is 0.243. The molecule has 0 amide bonds. The smallest absolute Gasteiger partial charge is 0.124 e. The van der Waals surface area contributed by atoms with Crippen molar-refractivity contribution in [2.24, 2.45) is 0 Å². The predicted octanol–water partition coefficient (Wildman–Crippen LogP) is 4.30. The van der Waals surface area contributed by atoms with Crippen LogP contribution in [0.25, 0.3) is 0 Å². The van der Waals surface area contributed by atoms with Gasteiger partial charge in [-0.15, -0.1) is 0 Å². The molecule has 0 aliphatic heterocycles. The van der Waals surface area contributed by atoms with Crippen molar-refractivity contribution in [3.8, 4) is 5.75 Å².